The van der Waals surface area contributed by atoms with E-state index in [1.165, 1.54) is 0 Å². The van der Waals surface area contributed by atoms with Crippen LogP contribution in [0.1, 0.15) is 19.5 Å². The van der Waals surface area contributed by atoms with Crippen LogP contribution < -0.4 is 4.90 Å². The molecule has 1 fully saturated rings. The lowest BCUT2D eigenvalue weighted by molar-refractivity contribution is 0.00437. The second-order valence-corrected chi connectivity index (χ2v) is 4.90. The van der Waals surface area contributed by atoms with Crippen LogP contribution in [0.3, 0.4) is 0 Å². The zero-order chi connectivity index (χ0) is 11.8. The quantitative estimate of drug-likeness (QED) is 0.793. The fourth-order valence-electron chi connectivity index (χ4n) is 1.84. The molecule has 0 bridgehead atoms. The summed E-state index contributed by atoms with van der Waals surface area (Å²) in [4.78, 5) is 6.44. The standard InChI is InChI=1S/C12H18N2O2/c1-12(2,16)9-6-14(7-9)11-5-3-4-10(8-15)13-11/h3-5,9,15-16H,6-8H2,1-2H3. The topological polar surface area (TPSA) is 56.6 Å². The van der Waals surface area contributed by atoms with E-state index in [9.17, 15) is 5.11 Å². The summed E-state index contributed by atoms with van der Waals surface area (Å²) in [5.74, 6) is 1.18. The molecule has 2 heterocycles. The first kappa shape index (κ1) is 11.4. The van der Waals surface area contributed by atoms with Crippen LogP contribution in [0.4, 0.5) is 5.82 Å². The van der Waals surface area contributed by atoms with E-state index in [1.807, 2.05) is 26.0 Å². The zero-order valence-electron chi connectivity index (χ0n) is 9.72. The minimum atomic E-state index is -0.620. The molecule has 0 radical (unpaired) electrons. The largest absolute Gasteiger partial charge is 0.390 e. The smallest absolute Gasteiger partial charge is 0.128 e. The van der Waals surface area contributed by atoms with Crippen molar-refractivity contribution in [3.8, 4) is 0 Å². The highest BCUT2D eigenvalue weighted by molar-refractivity contribution is 5.42. The van der Waals surface area contributed by atoms with Gasteiger partial charge >= 0.3 is 0 Å². The molecule has 2 rings (SSSR count). The average molecular weight is 222 g/mol. The van der Waals surface area contributed by atoms with Gasteiger partial charge in [-0.15, -0.1) is 0 Å². The summed E-state index contributed by atoms with van der Waals surface area (Å²) >= 11 is 0. The van der Waals surface area contributed by atoms with Crippen LogP contribution >= 0.6 is 0 Å². The number of nitrogens with zero attached hydrogens (tertiary/aromatic N) is 2. The second kappa shape index (κ2) is 4.03. The van der Waals surface area contributed by atoms with Gasteiger partial charge in [0.05, 0.1) is 17.9 Å². The molecule has 1 aliphatic heterocycles. The monoisotopic (exact) mass is 222 g/mol. The highest BCUT2D eigenvalue weighted by atomic mass is 16.3. The number of pyridine rings is 1. The van der Waals surface area contributed by atoms with Gasteiger partial charge in [0.25, 0.3) is 0 Å². The molecule has 0 aromatic carbocycles. The predicted molar refractivity (Wildman–Crippen MR) is 62.2 cm³/mol. The minimum absolute atomic E-state index is 0.0311. The first-order valence-corrected chi connectivity index (χ1v) is 5.55. The van der Waals surface area contributed by atoms with Crippen molar-refractivity contribution in [1.82, 2.24) is 4.98 Å². The number of hydrogen-bond donors (Lipinski definition) is 2. The first-order chi connectivity index (χ1) is 7.50. The summed E-state index contributed by atoms with van der Waals surface area (Å²) in [5, 5.41) is 18.8. The van der Waals surface area contributed by atoms with Crippen LogP contribution in [0.2, 0.25) is 0 Å². The van der Waals surface area contributed by atoms with Gasteiger partial charge in [0, 0.05) is 19.0 Å². The third-order valence-electron chi connectivity index (χ3n) is 3.16. The Kier molecular flexibility index (Phi) is 2.86. The summed E-state index contributed by atoms with van der Waals surface area (Å²) < 4.78 is 0. The molecule has 0 amide bonds. The molecule has 0 unspecified atom stereocenters. The van der Waals surface area contributed by atoms with Crippen molar-refractivity contribution >= 4 is 5.82 Å². The van der Waals surface area contributed by atoms with E-state index in [1.54, 1.807) is 6.07 Å². The maximum Gasteiger partial charge on any atom is 0.128 e. The lowest BCUT2D eigenvalue weighted by Crippen LogP contribution is -2.56. The van der Waals surface area contributed by atoms with Crippen LogP contribution in [-0.4, -0.2) is 33.9 Å². The van der Waals surface area contributed by atoms with Crippen molar-refractivity contribution in [2.75, 3.05) is 18.0 Å². The van der Waals surface area contributed by atoms with Crippen LogP contribution in [0.25, 0.3) is 0 Å². The Morgan fingerprint density at radius 2 is 2.12 bits per heavy atom. The lowest BCUT2D eigenvalue weighted by atomic mass is 9.84. The van der Waals surface area contributed by atoms with E-state index in [-0.39, 0.29) is 6.61 Å². The van der Waals surface area contributed by atoms with E-state index in [0.29, 0.717) is 11.6 Å². The van der Waals surface area contributed by atoms with Gasteiger partial charge < -0.3 is 15.1 Å². The van der Waals surface area contributed by atoms with E-state index >= 15 is 0 Å². The zero-order valence-corrected chi connectivity index (χ0v) is 9.72. The molecule has 0 atom stereocenters. The summed E-state index contributed by atoms with van der Waals surface area (Å²) in [5.41, 5.74) is 0.0645. The Balaban J connectivity index is 2.01. The van der Waals surface area contributed by atoms with Gasteiger partial charge in [0.15, 0.2) is 0 Å². The Morgan fingerprint density at radius 3 is 2.69 bits per heavy atom. The van der Waals surface area contributed by atoms with Crippen molar-refractivity contribution in [2.24, 2.45) is 5.92 Å². The van der Waals surface area contributed by atoms with Crippen molar-refractivity contribution in [3.05, 3.63) is 23.9 Å². The van der Waals surface area contributed by atoms with E-state index in [0.717, 1.165) is 18.9 Å². The number of aliphatic hydroxyl groups excluding tert-OH is 1. The van der Waals surface area contributed by atoms with Gasteiger partial charge in [-0.1, -0.05) is 6.07 Å². The summed E-state index contributed by atoms with van der Waals surface area (Å²) in [6.07, 6.45) is 0. The SMILES string of the molecule is CC(C)(O)C1CN(c2cccc(CO)n2)C1. The molecular formula is C12H18N2O2. The van der Waals surface area contributed by atoms with Crippen molar-refractivity contribution < 1.29 is 10.2 Å². The summed E-state index contributed by atoms with van der Waals surface area (Å²) in [6, 6.07) is 5.63. The van der Waals surface area contributed by atoms with Gasteiger partial charge in [-0.25, -0.2) is 4.98 Å². The molecule has 1 aromatic rings. The summed E-state index contributed by atoms with van der Waals surface area (Å²) in [7, 11) is 0. The molecule has 16 heavy (non-hydrogen) atoms. The molecule has 0 aliphatic carbocycles. The molecule has 4 heteroatoms. The number of anilines is 1. The molecule has 88 valence electrons. The van der Waals surface area contributed by atoms with Crippen molar-refractivity contribution in [2.45, 2.75) is 26.1 Å². The van der Waals surface area contributed by atoms with E-state index in [4.69, 9.17) is 5.11 Å². The van der Waals surface area contributed by atoms with Gasteiger partial charge in [0.1, 0.15) is 5.82 Å². The molecule has 1 saturated heterocycles. The maximum atomic E-state index is 9.82. The maximum absolute atomic E-state index is 9.82. The number of rotatable bonds is 3. The molecule has 1 aromatic heterocycles. The molecule has 4 nitrogen and oxygen atoms in total. The third kappa shape index (κ3) is 2.18. The number of aliphatic hydroxyl groups is 2. The average Bonchev–Trinajstić information content (AvgIpc) is 2.13. The van der Waals surface area contributed by atoms with Crippen molar-refractivity contribution in [3.63, 3.8) is 0 Å². The highest BCUT2D eigenvalue weighted by Gasteiger charge is 2.37. The number of aromatic nitrogens is 1. The second-order valence-electron chi connectivity index (χ2n) is 4.90. The van der Waals surface area contributed by atoms with E-state index in [2.05, 4.69) is 9.88 Å². The van der Waals surface area contributed by atoms with Crippen molar-refractivity contribution in [1.29, 1.82) is 0 Å². The third-order valence-corrected chi connectivity index (χ3v) is 3.16. The van der Waals surface area contributed by atoms with Crippen LogP contribution in [0.15, 0.2) is 18.2 Å². The van der Waals surface area contributed by atoms with Gasteiger partial charge in [-0.2, -0.15) is 0 Å². The molecule has 1 aliphatic rings. The number of hydrogen-bond acceptors (Lipinski definition) is 4. The fourth-order valence-corrected chi connectivity index (χ4v) is 1.84. The van der Waals surface area contributed by atoms with Crippen LogP contribution in [0.5, 0.6) is 0 Å². The van der Waals surface area contributed by atoms with Crippen LogP contribution in [0, 0.1) is 5.92 Å². The minimum Gasteiger partial charge on any atom is -0.390 e. The first-order valence-electron chi connectivity index (χ1n) is 5.55. The fraction of sp³-hybridized carbons (Fsp3) is 0.583. The molecule has 0 spiro atoms. The highest BCUT2D eigenvalue weighted by Crippen LogP contribution is 2.30. The molecule has 2 N–H and O–H groups in total. The molecule has 0 saturated carbocycles. The Bertz CT molecular complexity index is 368. The predicted octanol–water partition coefficient (Wildman–Crippen LogP) is 0.781. The van der Waals surface area contributed by atoms with Crippen LogP contribution in [-0.2, 0) is 6.61 Å². The normalized spacial score (nSPS) is 17.4. The lowest BCUT2D eigenvalue weighted by Gasteiger charge is -2.45. The summed E-state index contributed by atoms with van der Waals surface area (Å²) in [6.45, 7) is 5.30. The van der Waals surface area contributed by atoms with Gasteiger partial charge in [0.2, 0.25) is 0 Å². The Labute approximate surface area is 95.5 Å². The Morgan fingerprint density at radius 1 is 1.44 bits per heavy atom. The van der Waals surface area contributed by atoms with Gasteiger partial charge in [-0.3, -0.25) is 0 Å². The van der Waals surface area contributed by atoms with Gasteiger partial charge in [-0.05, 0) is 26.0 Å². The van der Waals surface area contributed by atoms with E-state index < -0.39 is 5.60 Å². The Hall–Kier alpha value is -1.13. The molecular weight excluding hydrogens is 204 g/mol.